The molecule has 0 aliphatic rings. The van der Waals surface area contributed by atoms with Crippen molar-refractivity contribution in [2.24, 2.45) is 0 Å². The highest BCUT2D eigenvalue weighted by Gasteiger charge is 2.19. The van der Waals surface area contributed by atoms with Crippen LogP contribution < -0.4 is 0 Å². The topological polar surface area (TPSA) is 17.1 Å². The molecule has 0 fully saturated rings. The molecule has 0 saturated heterocycles. The maximum Gasteiger partial charge on any atom is 0.193 e. The molecule has 2 aromatic carbocycles. The Labute approximate surface area is 132 Å². The summed E-state index contributed by atoms with van der Waals surface area (Å²) in [5, 5.41) is 0.444. The minimum Gasteiger partial charge on any atom is -0.289 e. The van der Waals surface area contributed by atoms with Crippen molar-refractivity contribution in [3.8, 4) is 0 Å². The lowest BCUT2D eigenvalue weighted by Gasteiger charge is -2.10. The fourth-order valence-corrected chi connectivity index (χ4v) is 3.10. The summed E-state index contributed by atoms with van der Waals surface area (Å²) in [5.74, 6) is -1.29. The summed E-state index contributed by atoms with van der Waals surface area (Å²) in [7, 11) is 0. The van der Waals surface area contributed by atoms with Crippen LogP contribution in [0.5, 0.6) is 0 Å². The lowest BCUT2D eigenvalue weighted by atomic mass is 9.95. The third kappa shape index (κ3) is 2.83. The van der Waals surface area contributed by atoms with Gasteiger partial charge in [-0.15, -0.1) is 0 Å². The maximum atomic E-state index is 13.7. The fraction of sp³-hybridized carbons (Fsp3) is 0.133. The fourth-order valence-electron chi connectivity index (χ4n) is 1.96. The molecule has 0 atom stereocenters. The largest absolute Gasteiger partial charge is 0.289 e. The van der Waals surface area contributed by atoms with Crippen molar-refractivity contribution in [1.29, 1.82) is 0 Å². The molecule has 0 aromatic heterocycles. The van der Waals surface area contributed by atoms with E-state index in [0.717, 1.165) is 0 Å². The lowest BCUT2D eigenvalue weighted by Crippen LogP contribution is -2.09. The van der Waals surface area contributed by atoms with Gasteiger partial charge in [0.05, 0.1) is 0 Å². The van der Waals surface area contributed by atoms with E-state index < -0.39 is 11.6 Å². The first-order valence-electron chi connectivity index (χ1n) is 5.81. The Morgan fingerprint density at radius 2 is 1.25 bits per heavy atom. The van der Waals surface area contributed by atoms with Gasteiger partial charge in [-0.05, 0) is 12.1 Å². The van der Waals surface area contributed by atoms with Crippen LogP contribution in [0.4, 0.5) is 8.78 Å². The average Bonchev–Trinajstić information content (AvgIpc) is 2.46. The van der Waals surface area contributed by atoms with Gasteiger partial charge in [-0.2, -0.15) is 0 Å². The Bertz CT molecular complexity index is 601. The van der Waals surface area contributed by atoms with E-state index >= 15 is 0 Å². The van der Waals surface area contributed by atoms with Gasteiger partial charge in [-0.1, -0.05) is 56.1 Å². The number of carbonyl (C=O) groups is 1. The molecular formula is C15H10Br2F2O. The van der Waals surface area contributed by atoms with Crippen LogP contribution in [0, 0.1) is 11.6 Å². The van der Waals surface area contributed by atoms with Crippen LogP contribution >= 0.6 is 31.9 Å². The van der Waals surface area contributed by atoms with Gasteiger partial charge in [0.15, 0.2) is 5.78 Å². The summed E-state index contributed by atoms with van der Waals surface area (Å²) >= 11 is 6.35. The predicted molar refractivity (Wildman–Crippen MR) is 81.5 cm³/mol. The first-order chi connectivity index (χ1) is 9.60. The van der Waals surface area contributed by atoms with Crippen LogP contribution in [-0.4, -0.2) is 5.78 Å². The maximum absolute atomic E-state index is 13.7. The first kappa shape index (κ1) is 15.3. The minimum absolute atomic E-state index is 0.222. The number of alkyl halides is 2. The Morgan fingerprint density at radius 1 is 0.850 bits per heavy atom. The number of carbonyl (C=O) groups excluding carboxylic acids is 1. The molecule has 5 heteroatoms. The van der Waals surface area contributed by atoms with E-state index in [0.29, 0.717) is 0 Å². The zero-order valence-corrected chi connectivity index (χ0v) is 13.5. The van der Waals surface area contributed by atoms with Crippen LogP contribution in [0.25, 0.3) is 0 Å². The average molecular weight is 404 g/mol. The summed E-state index contributed by atoms with van der Waals surface area (Å²) in [4.78, 5) is 12.5. The molecule has 2 aromatic rings. The molecule has 0 aliphatic heterocycles. The molecule has 0 aliphatic carbocycles. The van der Waals surface area contributed by atoms with Crippen molar-refractivity contribution in [1.82, 2.24) is 0 Å². The van der Waals surface area contributed by atoms with E-state index in [9.17, 15) is 13.6 Å². The minimum atomic E-state index is -0.454. The van der Waals surface area contributed by atoms with Gasteiger partial charge in [0.2, 0.25) is 0 Å². The third-order valence-electron chi connectivity index (χ3n) is 2.99. The highest BCUT2D eigenvalue weighted by Crippen LogP contribution is 2.24. The van der Waals surface area contributed by atoms with E-state index in [2.05, 4.69) is 31.9 Å². The molecule has 0 radical (unpaired) electrons. The number of benzene rings is 2. The van der Waals surface area contributed by atoms with Gasteiger partial charge < -0.3 is 0 Å². The van der Waals surface area contributed by atoms with E-state index in [1.807, 2.05) is 0 Å². The zero-order valence-electron chi connectivity index (χ0n) is 10.3. The number of hydrogen-bond acceptors (Lipinski definition) is 1. The normalized spacial score (nSPS) is 10.6. The Morgan fingerprint density at radius 3 is 1.60 bits per heavy atom. The second-order valence-electron chi connectivity index (χ2n) is 4.13. The predicted octanol–water partition coefficient (Wildman–Crippen LogP) is 4.99. The van der Waals surface area contributed by atoms with Crippen LogP contribution in [0.15, 0.2) is 36.4 Å². The summed E-state index contributed by atoms with van der Waals surface area (Å²) in [6.45, 7) is 0. The second kappa shape index (κ2) is 6.59. The molecule has 0 spiro atoms. The highest BCUT2D eigenvalue weighted by molar-refractivity contribution is 9.08. The van der Waals surface area contributed by atoms with E-state index in [1.54, 1.807) is 12.1 Å². The molecule has 0 amide bonds. The lowest BCUT2D eigenvalue weighted by molar-refractivity contribution is 0.103. The standard InChI is InChI=1S/C15H10Br2F2O/c16-7-11-9(3-1-5-13(11)18)15(20)10-4-2-6-14(19)12(10)8-17/h1-6H,7-8H2. The Hall–Kier alpha value is -1.07. The molecule has 0 bridgehead atoms. The quantitative estimate of drug-likeness (QED) is 0.519. The smallest absolute Gasteiger partial charge is 0.193 e. The number of ketones is 1. The van der Waals surface area contributed by atoms with Gasteiger partial charge in [0, 0.05) is 32.9 Å². The van der Waals surface area contributed by atoms with E-state index in [-0.39, 0.29) is 38.7 Å². The van der Waals surface area contributed by atoms with Gasteiger partial charge in [-0.3, -0.25) is 4.79 Å². The highest BCUT2D eigenvalue weighted by atomic mass is 79.9. The van der Waals surface area contributed by atoms with Crippen LogP contribution in [0.3, 0.4) is 0 Å². The van der Waals surface area contributed by atoms with Crippen molar-refractivity contribution < 1.29 is 13.6 Å². The van der Waals surface area contributed by atoms with Crippen LogP contribution in [0.1, 0.15) is 27.0 Å². The molecule has 0 saturated carbocycles. The monoisotopic (exact) mass is 402 g/mol. The molecule has 0 N–H and O–H groups in total. The van der Waals surface area contributed by atoms with Crippen molar-refractivity contribution >= 4 is 37.6 Å². The number of hydrogen-bond donors (Lipinski definition) is 0. The molecular weight excluding hydrogens is 394 g/mol. The summed E-state index contributed by atoms with van der Waals surface area (Å²) in [6.07, 6.45) is 0. The zero-order chi connectivity index (χ0) is 14.7. The Balaban J connectivity index is 2.58. The Kier molecular flexibility index (Phi) is 5.05. The van der Waals surface area contributed by atoms with Gasteiger partial charge in [-0.25, -0.2) is 8.78 Å². The van der Waals surface area contributed by atoms with Crippen molar-refractivity contribution in [3.05, 3.63) is 70.3 Å². The van der Waals surface area contributed by atoms with E-state index in [4.69, 9.17) is 0 Å². The number of rotatable bonds is 4. The van der Waals surface area contributed by atoms with Gasteiger partial charge >= 0.3 is 0 Å². The van der Waals surface area contributed by atoms with Gasteiger partial charge in [0.1, 0.15) is 11.6 Å². The molecule has 1 nitrogen and oxygen atoms in total. The molecule has 104 valence electrons. The molecule has 2 rings (SSSR count). The van der Waals surface area contributed by atoms with E-state index in [1.165, 1.54) is 24.3 Å². The summed E-state index contributed by atoms with van der Waals surface area (Å²) < 4.78 is 27.4. The third-order valence-corrected chi connectivity index (χ3v) is 4.12. The van der Waals surface area contributed by atoms with Crippen molar-refractivity contribution in [3.63, 3.8) is 0 Å². The SMILES string of the molecule is O=C(c1cccc(F)c1CBr)c1cccc(F)c1CBr. The van der Waals surface area contributed by atoms with Gasteiger partial charge in [0.25, 0.3) is 0 Å². The molecule has 0 heterocycles. The van der Waals surface area contributed by atoms with Crippen molar-refractivity contribution in [2.75, 3.05) is 0 Å². The van der Waals surface area contributed by atoms with Crippen molar-refractivity contribution in [2.45, 2.75) is 10.7 Å². The molecule has 20 heavy (non-hydrogen) atoms. The van der Waals surface area contributed by atoms with Crippen LogP contribution in [0.2, 0.25) is 0 Å². The number of halogens is 4. The second-order valence-corrected chi connectivity index (χ2v) is 5.25. The summed E-state index contributed by atoms with van der Waals surface area (Å²) in [6, 6.07) is 8.63. The molecule has 0 unspecified atom stereocenters. The first-order valence-corrected chi connectivity index (χ1v) is 8.05. The van der Waals surface area contributed by atoms with Crippen LogP contribution in [-0.2, 0) is 10.7 Å². The summed E-state index contributed by atoms with van der Waals surface area (Å²) in [5.41, 5.74) is 1.05.